The van der Waals surface area contributed by atoms with Crippen LogP contribution in [0.4, 0.5) is 0 Å². The van der Waals surface area contributed by atoms with Gasteiger partial charge < -0.3 is 9.47 Å². The highest BCUT2D eigenvalue weighted by molar-refractivity contribution is 6.08. The third kappa shape index (κ3) is 2.03. The highest BCUT2D eigenvalue weighted by Crippen LogP contribution is 2.68. The summed E-state index contributed by atoms with van der Waals surface area (Å²) < 4.78 is 12.3. The van der Waals surface area contributed by atoms with Crippen LogP contribution in [0.3, 0.4) is 0 Å². The lowest BCUT2D eigenvalue weighted by Crippen LogP contribution is -2.61. The van der Waals surface area contributed by atoms with Crippen LogP contribution in [0, 0.1) is 33.5 Å². The van der Waals surface area contributed by atoms with Crippen LogP contribution in [0.1, 0.15) is 53.4 Å². The monoisotopic (exact) mass is 341 g/mol. The minimum absolute atomic E-state index is 0.0653. The van der Waals surface area contributed by atoms with Gasteiger partial charge in [-0.25, -0.2) is 0 Å². The number of ether oxygens (including phenoxy) is 2. The van der Waals surface area contributed by atoms with Crippen molar-refractivity contribution in [3.63, 3.8) is 0 Å². The molecular formula is C21H27NO3. The van der Waals surface area contributed by atoms with Crippen molar-refractivity contribution in [3.05, 3.63) is 23.3 Å². The smallest absolute Gasteiger partial charge is 0.196 e. The van der Waals surface area contributed by atoms with E-state index in [1.54, 1.807) is 6.08 Å². The lowest BCUT2D eigenvalue weighted by Gasteiger charge is -2.63. The Hall–Kier alpha value is -1.44. The molecule has 0 radical (unpaired) electrons. The van der Waals surface area contributed by atoms with Gasteiger partial charge >= 0.3 is 0 Å². The normalized spacial score (nSPS) is 41.4. The van der Waals surface area contributed by atoms with Crippen LogP contribution in [-0.2, 0) is 14.3 Å². The number of nitriles is 1. The Labute approximate surface area is 149 Å². The van der Waals surface area contributed by atoms with E-state index in [1.807, 2.05) is 6.08 Å². The third-order valence-corrected chi connectivity index (χ3v) is 7.66. The maximum absolute atomic E-state index is 12.4. The lowest BCUT2D eigenvalue weighted by molar-refractivity contribution is -0.284. The van der Waals surface area contributed by atoms with Gasteiger partial charge in [-0.1, -0.05) is 39.3 Å². The molecule has 4 rings (SSSR count). The summed E-state index contributed by atoms with van der Waals surface area (Å²) in [6.45, 7) is 10.4. The van der Waals surface area contributed by atoms with Crippen LogP contribution in [0.25, 0.3) is 0 Å². The first kappa shape index (κ1) is 17.0. The average molecular weight is 341 g/mol. The SMILES string of the molecule is CC1(C)[C@@H]2CC[C@@]3(C)C=C(C#N)C(=O)C=C3[C@@]2(C)CCC12OCCO2. The van der Waals surface area contributed by atoms with Crippen molar-refractivity contribution in [3.8, 4) is 6.07 Å². The summed E-state index contributed by atoms with van der Waals surface area (Å²) in [6, 6.07) is 2.08. The van der Waals surface area contributed by atoms with Crippen molar-refractivity contribution in [2.45, 2.75) is 59.2 Å². The molecular weight excluding hydrogens is 314 g/mol. The van der Waals surface area contributed by atoms with Gasteiger partial charge in [0.2, 0.25) is 0 Å². The van der Waals surface area contributed by atoms with E-state index in [-0.39, 0.29) is 22.0 Å². The van der Waals surface area contributed by atoms with Crippen LogP contribution in [0.2, 0.25) is 0 Å². The van der Waals surface area contributed by atoms with E-state index in [2.05, 4.69) is 33.8 Å². The molecule has 2 saturated carbocycles. The van der Waals surface area contributed by atoms with Gasteiger partial charge in [0, 0.05) is 17.3 Å². The second-order valence-corrected chi connectivity index (χ2v) is 9.19. The van der Waals surface area contributed by atoms with E-state index in [4.69, 9.17) is 9.47 Å². The quantitative estimate of drug-likeness (QED) is 0.670. The number of hydrogen-bond donors (Lipinski definition) is 0. The highest BCUT2D eigenvalue weighted by Gasteiger charge is 2.65. The fourth-order valence-corrected chi connectivity index (χ4v) is 6.35. The second kappa shape index (κ2) is 5.05. The molecule has 0 unspecified atom stereocenters. The van der Waals surface area contributed by atoms with E-state index in [1.165, 1.54) is 5.57 Å². The Kier molecular flexibility index (Phi) is 3.43. The molecule has 3 fully saturated rings. The average Bonchev–Trinajstić information content (AvgIpc) is 3.03. The van der Waals surface area contributed by atoms with Gasteiger partial charge in [0.1, 0.15) is 6.07 Å². The summed E-state index contributed by atoms with van der Waals surface area (Å²) in [4.78, 5) is 12.4. The van der Waals surface area contributed by atoms with Crippen molar-refractivity contribution < 1.29 is 14.3 Å². The number of carbonyl (C=O) groups is 1. The van der Waals surface area contributed by atoms with Gasteiger partial charge in [-0.05, 0) is 36.7 Å². The largest absolute Gasteiger partial charge is 0.347 e. The molecule has 0 aromatic carbocycles. The van der Waals surface area contributed by atoms with Crippen LogP contribution in [0.15, 0.2) is 23.3 Å². The molecule has 0 N–H and O–H groups in total. The predicted octanol–water partition coefficient (Wildman–Crippen LogP) is 3.93. The van der Waals surface area contributed by atoms with E-state index >= 15 is 0 Å². The summed E-state index contributed by atoms with van der Waals surface area (Å²) in [6.07, 6.45) is 7.50. The molecule has 4 heteroatoms. The first-order valence-electron chi connectivity index (χ1n) is 9.36. The number of fused-ring (bicyclic) bond motifs is 3. The molecule has 0 aromatic rings. The van der Waals surface area contributed by atoms with Crippen molar-refractivity contribution in [2.75, 3.05) is 13.2 Å². The fourth-order valence-electron chi connectivity index (χ4n) is 6.35. The molecule has 4 nitrogen and oxygen atoms in total. The Balaban J connectivity index is 1.79. The predicted molar refractivity (Wildman–Crippen MR) is 93.4 cm³/mol. The molecule has 1 spiro atoms. The number of nitrogens with zero attached hydrogens (tertiary/aromatic N) is 1. The first-order valence-corrected chi connectivity index (χ1v) is 9.36. The number of carbonyl (C=O) groups excluding carboxylic acids is 1. The molecule has 3 aliphatic carbocycles. The molecule has 134 valence electrons. The summed E-state index contributed by atoms with van der Waals surface area (Å²) in [7, 11) is 0. The zero-order valence-electron chi connectivity index (χ0n) is 15.6. The maximum atomic E-state index is 12.4. The topological polar surface area (TPSA) is 59.3 Å². The molecule has 0 aromatic heterocycles. The number of rotatable bonds is 0. The Bertz CT molecular complexity index is 735. The van der Waals surface area contributed by atoms with Crippen molar-refractivity contribution >= 4 is 5.78 Å². The van der Waals surface area contributed by atoms with Crippen LogP contribution >= 0.6 is 0 Å². The maximum Gasteiger partial charge on any atom is 0.196 e. The summed E-state index contributed by atoms with van der Waals surface area (Å²) >= 11 is 0. The molecule has 0 bridgehead atoms. The molecule has 1 aliphatic heterocycles. The van der Waals surface area contributed by atoms with E-state index in [0.29, 0.717) is 24.7 Å². The Morgan fingerprint density at radius 2 is 1.80 bits per heavy atom. The standard InChI is InChI=1S/C21H27NO3/c1-18(2)16-5-6-19(3)12-14(13-22)15(23)11-17(19)20(16,4)7-8-21(18)24-9-10-25-21/h11-12,16H,5-10H2,1-4H3/t16-,19-,20-/m0/s1. The van der Waals surface area contributed by atoms with Crippen LogP contribution in [-0.4, -0.2) is 24.8 Å². The van der Waals surface area contributed by atoms with Gasteiger partial charge in [0.25, 0.3) is 0 Å². The molecule has 0 amide bonds. The molecule has 25 heavy (non-hydrogen) atoms. The summed E-state index contributed by atoms with van der Waals surface area (Å²) in [5.74, 6) is -0.239. The van der Waals surface area contributed by atoms with Crippen molar-refractivity contribution in [1.82, 2.24) is 0 Å². The highest BCUT2D eigenvalue weighted by atomic mass is 16.7. The zero-order valence-corrected chi connectivity index (χ0v) is 15.6. The van der Waals surface area contributed by atoms with Gasteiger partial charge in [-0.15, -0.1) is 0 Å². The Morgan fingerprint density at radius 3 is 2.44 bits per heavy atom. The minimum Gasteiger partial charge on any atom is -0.347 e. The van der Waals surface area contributed by atoms with E-state index < -0.39 is 5.79 Å². The van der Waals surface area contributed by atoms with Crippen molar-refractivity contribution in [2.24, 2.45) is 22.2 Å². The van der Waals surface area contributed by atoms with Gasteiger partial charge in [0.05, 0.1) is 18.8 Å². The molecule has 3 atom stereocenters. The third-order valence-electron chi connectivity index (χ3n) is 7.66. The number of ketones is 1. The first-order chi connectivity index (χ1) is 11.7. The van der Waals surface area contributed by atoms with Crippen molar-refractivity contribution in [1.29, 1.82) is 5.26 Å². The van der Waals surface area contributed by atoms with Gasteiger partial charge in [0.15, 0.2) is 11.6 Å². The lowest BCUT2D eigenvalue weighted by atomic mass is 9.43. The minimum atomic E-state index is -0.488. The van der Waals surface area contributed by atoms with E-state index in [9.17, 15) is 10.1 Å². The van der Waals surface area contributed by atoms with Gasteiger partial charge in [-0.2, -0.15) is 5.26 Å². The second-order valence-electron chi connectivity index (χ2n) is 9.19. The molecule has 4 aliphatic rings. The molecule has 1 saturated heterocycles. The number of hydrogen-bond acceptors (Lipinski definition) is 4. The molecule has 1 heterocycles. The number of allylic oxidation sites excluding steroid dienone is 4. The van der Waals surface area contributed by atoms with Gasteiger partial charge in [-0.3, -0.25) is 4.79 Å². The summed E-state index contributed by atoms with van der Waals surface area (Å²) in [5, 5.41) is 9.28. The van der Waals surface area contributed by atoms with Crippen LogP contribution < -0.4 is 0 Å². The van der Waals surface area contributed by atoms with Crippen LogP contribution in [0.5, 0.6) is 0 Å². The van der Waals surface area contributed by atoms with E-state index in [0.717, 1.165) is 25.7 Å². The summed E-state index contributed by atoms with van der Waals surface area (Å²) in [5.41, 5.74) is 1.12. The zero-order chi connectivity index (χ0) is 18.1. The fraction of sp³-hybridized carbons (Fsp3) is 0.714. The Morgan fingerprint density at radius 1 is 1.12 bits per heavy atom.